The standard InChI is InChI=1S/C18H13ClF2N4O2/c19-14-3-2-11(25(26)27)8-12(14)18-13-9-22-6-5-16(13)24(23-18)17-4-1-10(20)7-15(17)21/h1-4,7-8,22H,5-6,9H2. The van der Waals surface area contributed by atoms with Crippen molar-refractivity contribution in [1.82, 2.24) is 15.1 Å². The first-order valence-corrected chi connectivity index (χ1v) is 8.54. The molecule has 1 aromatic heterocycles. The Morgan fingerprint density at radius 3 is 2.78 bits per heavy atom. The molecule has 0 spiro atoms. The van der Waals surface area contributed by atoms with E-state index < -0.39 is 16.6 Å². The van der Waals surface area contributed by atoms with E-state index in [1.165, 1.54) is 28.9 Å². The van der Waals surface area contributed by atoms with Gasteiger partial charge in [-0.25, -0.2) is 13.5 Å². The summed E-state index contributed by atoms with van der Waals surface area (Å²) in [6.45, 7) is 1.14. The van der Waals surface area contributed by atoms with Crippen LogP contribution in [0.5, 0.6) is 0 Å². The first-order valence-electron chi connectivity index (χ1n) is 8.17. The van der Waals surface area contributed by atoms with E-state index in [9.17, 15) is 18.9 Å². The molecular weight excluding hydrogens is 378 g/mol. The third kappa shape index (κ3) is 3.07. The van der Waals surface area contributed by atoms with Crippen LogP contribution < -0.4 is 5.32 Å². The van der Waals surface area contributed by atoms with Gasteiger partial charge in [0.25, 0.3) is 5.69 Å². The summed E-state index contributed by atoms with van der Waals surface area (Å²) in [4.78, 5) is 10.6. The molecular formula is C18H13ClF2N4O2. The van der Waals surface area contributed by atoms with Gasteiger partial charge in [0.1, 0.15) is 11.5 Å². The third-order valence-corrected chi connectivity index (χ3v) is 4.81. The van der Waals surface area contributed by atoms with E-state index in [0.29, 0.717) is 35.8 Å². The molecule has 0 aliphatic carbocycles. The maximum absolute atomic E-state index is 14.3. The summed E-state index contributed by atoms with van der Waals surface area (Å²) in [5.41, 5.74) is 2.38. The Balaban J connectivity index is 1.95. The summed E-state index contributed by atoms with van der Waals surface area (Å²) in [6, 6.07) is 7.38. The number of non-ortho nitro benzene ring substituents is 1. The molecule has 0 amide bonds. The van der Waals surface area contributed by atoms with Crippen LogP contribution in [0.15, 0.2) is 36.4 Å². The zero-order valence-corrected chi connectivity index (χ0v) is 14.6. The highest BCUT2D eigenvalue weighted by atomic mass is 35.5. The number of halogens is 3. The van der Waals surface area contributed by atoms with Gasteiger partial charge >= 0.3 is 0 Å². The molecule has 9 heteroatoms. The highest BCUT2D eigenvalue weighted by Gasteiger charge is 2.26. The lowest BCUT2D eigenvalue weighted by Gasteiger charge is -2.16. The van der Waals surface area contributed by atoms with Crippen LogP contribution in [0.1, 0.15) is 11.3 Å². The highest BCUT2D eigenvalue weighted by molar-refractivity contribution is 6.33. The van der Waals surface area contributed by atoms with Crippen molar-refractivity contribution >= 4 is 17.3 Å². The summed E-state index contributed by atoms with van der Waals surface area (Å²) in [5, 5.41) is 19.1. The molecule has 0 unspecified atom stereocenters. The van der Waals surface area contributed by atoms with Crippen LogP contribution in [0.4, 0.5) is 14.5 Å². The minimum atomic E-state index is -0.740. The Hall–Kier alpha value is -2.84. The Bertz CT molecular complexity index is 1070. The number of nitrogens with one attached hydrogen (secondary N) is 1. The number of benzene rings is 2. The summed E-state index contributed by atoms with van der Waals surface area (Å²) in [6.07, 6.45) is 0.575. The van der Waals surface area contributed by atoms with E-state index in [1.807, 2.05) is 0 Å². The van der Waals surface area contributed by atoms with Crippen LogP contribution in [0, 0.1) is 21.7 Å². The number of nitro benzene ring substituents is 1. The molecule has 2 heterocycles. The van der Waals surface area contributed by atoms with Crippen molar-refractivity contribution in [2.45, 2.75) is 13.0 Å². The summed E-state index contributed by atoms with van der Waals surface area (Å²) >= 11 is 6.27. The molecule has 0 atom stereocenters. The molecule has 1 aliphatic rings. The predicted molar refractivity (Wildman–Crippen MR) is 96.0 cm³/mol. The topological polar surface area (TPSA) is 73.0 Å². The van der Waals surface area contributed by atoms with Gasteiger partial charge in [0.15, 0.2) is 5.82 Å². The van der Waals surface area contributed by atoms with Gasteiger partial charge in [-0.05, 0) is 18.2 Å². The number of hydrogen-bond donors (Lipinski definition) is 1. The molecule has 3 aromatic rings. The SMILES string of the molecule is O=[N+]([O-])c1ccc(Cl)c(-c2nn(-c3ccc(F)cc3F)c3c2CNCC3)c1. The lowest BCUT2D eigenvalue weighted by molar-refractivity contribution is -0.384. The second-order valence-corrected chi connectivity index (χ2v) is 6.54. The normalized spacial score (nSPS) is 13.4. The Kier molecular flexibility index (Phi) is 4.37. The molecule has 1 N–H and O–H groups in total. The molecule has 6 nitrogen and oxygen atoms in total. The number of nitrogens with zero attached hydrogens (tertiary/aromatic N) is 3. The van der Waals surface area contributed by atoms with E-state index >= 15 is 0 Å². The minimum Gasteiger partial charge on any atom is -0.312 e. The molecule has 0 saturated heterocycles. The summed E-state index contributed by atoms with van der Waals surface area (Å²) < 4.78 is 29.0. The molecule has 2 aromatic carbocycles. The first kappa shape index (κ1) is 17.6. The molecule has 27 heavy (non-hydrogen) atoms. The Labute approximate surface area is 157 Å². The monoisotopic (exact) mass is 390 g/mol. The van der Waals surface area contributed by atoms with E-state index in [0.717, 1.165) is 23.4 Å². The fourth-order valence-electron chi connectivity index (χ4n) is 3.22. The second kappa shape index (κ2) is 6.71. The zero-order chi connectivity index (χ0) is 19.1. The predicted octanol–water partition coefficient (Wildman–Crippen LogP) is 4.02. The van der Waals surface area contributed by atoms with Gasteiger partial charge in [-0.1, -0.05) is 11.6 Å². The van der Waals surface area contributed by atoms with Gasteiger partial charge in [-0.3, -0.25) is 10.1 Å². The van der Waals surface area contributed by atoms with Gasteiger partial charge in [0.05, 0.1) is 21.3 Å². The third-order valence-electron chi connectivity index (χ3n) is 4.48. The summed E-state index contributed by atoms with van der Waals surface area (Å²) in [7, 11) is 0. The number of nitro groups is 1. The largest absolute Gasteiger partial charge is 0.312 e. The number of rotatable bonds is 3. The van der Waals surface area contributed by atoms with Crippen LogP contribution in [-0.2, 0) is 13.0 Å². The van der Waals surface area contributed by atoms with E-state index in [2.05, 4.69) is 10.4 Å². The van der Waals surface area contributed by atoms with Crippen molar-refractivity contribution in [3.63, 3.8) is 0 Å². The van der Waals surface area contributed by atoms with E-state index in [-0.39, 0.29) is 11.4 Å². The van der Waals surface area contributed by atoms with Gasteiger partial charge in [0, 0.05) is 48.8 Å². The summed E-state index contributed by atoms with van der Waals surface area (Å²) in [5.74, 6) is -1.42. The van der Waals surface area contributed by atoms with E-state index in [4.69, 9.17) is 11.6 Å². The minimum absolute atomic E-state index is 0.113. The van der Waals surface area contributed by atoms with Crippen LogP contribution in [0.25, 0.3) is 16.9 Å². The molecule has 0 bridgehead atoms. The fraction of sp³-hybridized carbons (Fsp3) is 0.167. The van der Waals surface area contributed by atoms with Gasteiger partial charge < -0.3 is 5.32 Å². The molecule has 4 rings (SSSR count). The molecule has 1 aliphatic heterocycles. The second-order valence-electron chi connectivity index (χ2n) is 6.13. The lowest BCUT2D eigenvalue weighted by Crippen LogP contribution is -2.24. The van der Waals surface area contributed by atoms with Crippen molar-refractivity contribution in [2.24, 2.45) is 0 Å². The molecule has 0 saturated carbocycles. The van der Waals surface area contributed by atoms with Gasteiger partial charge in [0.2, 0.25) is 0 Å². The van der Waals surface area contributed by atoms with Crippen molar-refractivity contribution in [3.8, 4) is 16.9 Å². The quantitative estimate of drug-likeness (QED) is 0.541. The molecule has 0 fully saturated rings. The number of aromatic nitrogens is 2. The Morgan fingerprint density at radius 1 is 1.22 bits per heavy atom. The van der Waals surface area contributed by atoms with Crippen molar-refractivity contribution in [2.75, 3.05) is 6.54 Å². The number of fused-ring (bicyclic) bond motifs is 1. The van der Waals surface area contributed by atoms with Crippen LogP contribution >= 0.6 is 11.6 Å². The van der Waals surface area contributed by atoms with Crippen LogP contribution in [0.2, 0.25) is 5.02 Å². The average Bonchev–Trinajstić information content (AvgIpc) is 3.01. The van der Waals surface area contributed by atoms with E-state index in [1.54, 1.807) is 0 Å². The van der Waals surface area contributed by atoms with Gasteiger partial charge in [-0.15, -0.1) is 0 Å². The van der Waals surface area contributed by atoms with Crippen molar-refractivity contribution in [1.29, 1.82) is 0 Å². The fourth-order valence-corrected chi connectivity index (χ4v) is 3.43. The maximum Gasteiger partial charge on any atom is 0.270 e. The zero-order valence-electron chi connectivity index (χ0n) is 13.9. The average molecular weight is 391 g/mol. The molecule has 138 valence electrons. The van der Waals surface area contributed by atoms with Crippen LogP contribution in [-0.4, -0.2) is 21.2 Å². The van der Waals surface area contributed by atoms with Crippen molar-refractivity contribution < 1.29 is 13.7 Å². The first-order chi connectivity index (χ1) is 13.0. The number of hydrogen-bond acceptors (Lipinski definition) is 4. The van der Waals surface area contributed by atoms with Crippen molar-refractivity contribution in [3.05, 3.63) is 74.4 Å². The Morgan fingerprint density at radius 2 is 2.04 bits per heavy atom. The molecule has 0 radical (unpaired) electrons. The lowest BCUT2D eigenvalue weighted by atomic mass is 10.0. The maximum atomic E-state index is 14.3. The van der Waals surface area contributed by atoms with Gasteiger partial charge in [-0.2, -0.15) is 5.10 Å². The smallest absolute Gasteiger partial charge is 0.270 e. The van der Waals surface area contributed by atoms with Crippen LogP contribution in [0.3, 0.4) is 0 Å². The highest BCUT2D eigenvalue weighted by Crippen LogP contribution is 2.36.